The summed E-state index contributed by atoms with van der Waals surface area (Å²) in [6.45, 7) is 9.07. The molecule has 6 heteroatoms. The van der Waals surface area contributed by atoms with Gasteiger partial charge in [-0.1, -0.05) is 129 Å². The first-order chi connectivity index (χ1) is 21.9. The third-order valence-electron chi connectivity index (χ3n) is 8.96. The van der Waals surface area contributed by atoms with Crippen LogP contribution in [0.4, 0.5) is 0 Å². The predicted octanol–water partition coefficient (Wildman–Crippen LogP) is 9.67. The van der Waals surface area contributed by atoms with Gasteiger partial charge < -0.3 is 14.8 Å². The van der Waals surface area contributed by atoms with Crippen LogP contribution in [0, 0.1) is 0 Å². The molecular weight excluding hydrogens is 560 g/mol. The van der Waals surface area contributed by atoms with Crippen LogP contribution in [0.1, 0.15) is 168 Å². The molecule has 1 aromatic rings. The number of pyridine rings is 1. The summed E-state index contributed by atoms with van der Waals surface area (Å²) in [5, 5.41) is 3.29. The monoisotopic (exact) mass is 625 g/mol. The summed E-state index contributed by atoms with van der Waals surface area (Å²) in [6, 6.07) is 3.92. The molecule has 0 atom stereocenters. The van der Waals surface area contributed by atoms with Crippen molar-refractivity contribution in [2.24, 2.45) is 7.05 Å². The quantitative estimate of drug-likeness (QED) is 0.0666. The van der Waals surface area contributed by atoms with Gasteiger partial charge in [-0.05, 0) is 32.8 Å². The SMILES string of the molecule is CCCCCCCCCCCCOC(=O)C1=C(C)NC(C)=C(C(=O)OCCCCCCCCCCCC)C1c1ccc[n+](C)c1. The first-order valence-corrected chi connectivity index (χ1v) is 18.4. The Hall–Kier alpha value is -2.63. The molecule has 0 radical (unpaired) electrons. The van der Waals surface area contributed by atoms with Crippen LogP contribution in [-0.2, 0) is 26.1 Å². The van der Waals surface area contributed by atoms with Crippen LogP contribution in [0.25, 0.3) is 0 Å². The Morgan fingerprint density at radius 1 is 0.644 bits per heavy atom. The number of nitrogens with zero attached hydrogens (tertiary/aromatic N) is 1. The van der Waals surface area contributed by atoms with Gasteiger partial charge in [0.25, 0.3) is 0 Å². The lowest BCUT2D eigenvalue weighted by atomic mass is 9.81. The van der Waals surface area contributed by atoms with E-state index in [9.17, 15) is 9.59 Å². The minimum Gasteiger partial charge on any atom is -0.462 e. The molecule has 1 aromatic heterocycles. The summed E-state index contributed by atoms with van der Waals surface area (Å²) in [6.07, 6.45) is 28.5. The number of aromatic nitrogens is 1. The molecule has 6 nitrogen and oxygen atoms in total. The molecule has 1 aliphatic rings. The summed E-state index contributed by atoms with van der Waals surface area (Å²) >= 11 is 0. The van der Waals surface area contributed by atoms with Gasteiger partial charge in [0.2, 0.25) is 0 Å². The fraction of sp³-hybridized carbons (Fsp3) is 0.718. The lowest BCUT2D eigenvalue weighted by Crippen LogP contribution is -2.34. The maximum Gasteiger partial charge on any atom is 0.336 e. The van der Waals surface area contributed by atoms with Crippen LogP contribution in [0.15, 0.2) is 47.1 Å². The van der Waals surface area contributed by atoms with E-state index in [-0.39, 0.29) is 11.9 Å². The van der Waals surface area contributed by atoms with Crippen molar-refractivity contribution in [2.75, 3.05) is 13.2 Å². The normalized spacial score (nSPS) is 13.7. The first-order valence-electron chi connectivity index (χ1n) is 18.4. The largest absolute Gasteiger partial charge is 0.462 e. The molecular formula is C39H65N2O4+. The van der Waals surface area contributed by atoms with Crippen molar-refractivity contribution in [3.8, 4) is 0 Å². The second-order valence-electron chi connectivity index (χ2n) is 13.1. The van der Waals surface area contributed by atoms with Crippen molar-refractivity contribution >= 4 is 11.9 Å². The highest BCUT2D eigenvalue weighted by atomic mass is 16.5. The number of hydrogen-bond donors (Lipinski definition) is 1. The lowest BCUT2D eigenvalue weighted by Gasteiger charge is -2.30. The molecule has 0 aromatic carbocycles. The van der Waals surface area contributed by atoms with Crippen molar-refractivity contribution in [2.45, 2.75) is 162 Å². The topological polar surface area (TPSA) is 68.5 Å². The third-order valence-corrected chi connectivity index (χ3v) is 8.96. The summed E-state index contributed by atoms with van der Waals surface area (Å²) < 4.78 is 13.6. The molecule has 0 saturated heterocycles. The molecule has 0 unspecified atom stereocenters. The van der Waals surface area contributed by atoms with Gasteiger partial charge in [-0.2, -0.15) is 0 Å². The fourth-order valence-electron chi connectivity index (χ4n) is 6.31. The van der Waals surface area contributed by atoms with E-state index in [0.29, 0.717) is 24.4 Å². The van der Waals surface area contributed by atoms with E-state index >= 15 is 0 Å². The van der Waals surface area contributed by atoms with Gasteiger partial charge in [-0.25, -0.2) is 14.2 Å². The summed E-state index contributed by atoms with van der Waals surface area (Å²) in [5.74, 6) is -1.26. The standard InChI is InChI=1S/C39H64N2O4/c1-6-8-10-12-14-16-18-20-22-24-29-44-38(42)35-32(3)40-33(4)36(37(35)34-27-26-28-41(5)31-34)39(43)45-30-25-23-21-19-17-15-13-11-9-7-2/h26-28,31,37H,6-25,29-30H2,1-5H3/p+1. The van der Waals surface area contributed by atoms with Gasteiger partial charge in [0, 0.05) is 23.0 Å². The van der Waals surface area contributed by atoms with Gasteiger partial charge in [0.05, 0.1) is 30.3 Å². The number of hydrogen-bond acceptors (Lipinski definition) is 5. The lowest BCUT2D eigenvalue weighted by molar-refractivity contribution is -0.671. The Morgan fingerprint density at radius 3 is 1.40 bits per heavy atom. The molecule has 254 valence electrons. The van der Waals surface area contributed by atoms with Crippen molar-refractivity contribution < 1.29 is 23.6 Å². The number of aryl methyl sites for hydroxylation is 1. The number of nitrogens with one attached hydrogen (secondary N) is 1. The Balaban J connectivity index is 1.91. The van der Waals surface area contributed by atoms with E-state index in [1.165, 1.54) is 103 Å². The minimum absolute atomic E-state index is 0.361. The van der Waals surface area contributed by atoms with Gasteiger partial charge in [0.15, 0.2) is 12.4 Å². The van der Waals surface area contributed by atoms with Crippen LogP contribution in [-0.4, -0.2) is 25.2 Å². The molecule has 2 heterocycles. The molecule has 1 N–H and O–H groups in total. The number of ether oxygens (including phenoxy) is 2. The average molecular weight is 626 g/mol. The average Bonchev–Trinajstić information content (AvgIpc) is 3.01. The predicted molar refractivity (Wildman–Crippen MR) is 185 cm³/mol. The van der Waals surface area contributed by atoms with Gasteiger partial charge in [-0.15, -0.1) is 0 Å². The first kappa shape index (κ1) is 38.6. The summed E-state index contributed by atoms with van der Waals surface area (Å²) in [4.78, 5) is 27.1. The maximum atomic E-state index is 13.6. The van der Waals surface area contributed by atoms with Crippen molar-refractivity contribution in [3.05, 3.63) is 52.6 Å². The number of carbonyl (C=O) groups is 2. The zero-order valence-corrected chi connectivity index (χ0v) is 29.5. The summed E-state index contributed by atoms with van der Waals surface area (Å²) in [7, 11) is 1.95. The molecule has 2 rings (SSSR count). The number of allylic oxidation sites excluding steroid dienone is 2. The Bertz CT molecular complexity index is 1000. The third kappa shape index (κ3) is 15.0. The van der Waals surface area contributed by atoms with E-state index in [1.807, 2.05) is 50.0 Å². The number of dihydropyridines is 1. The Kier molecular flexibility index (Phi) is 20.3. The Morgan fingerprint density at radius 2 is 1.02 bits per heavy atom. The van der Waals surface area contributed by atoms with Gasteiger partial charge in [0.1, 0.15) is 7.05 Å². The Labute approximate surface area is 275 Å². The molecule has 0 aliphatic carbocycles. The second kappa shape index (κ2) is 23.7. The molecule has 0 amide bonds. The number of carbonyl (C=O) groups excluding carboxylic acids is 2. The highest BCUT2D eigenvalue weighted by molar-refractivity contribution is 5.99. The number of esters is 2. The fourth-order valence-corrected chi connectivity index (χ4v) is 6.31. The van der Waals surface area contributed by atoms with E-state index in [4.69, 9.17) is 9.47 Å². The zero-order valence-electron chi connectivity index (χ0n) is 29.5. The minimum atomic E-state index is -0.543. The molecule has 1 aliphatic heterocycles. The highest BCUT2D eigenvalue weighted by Crippen LogP contribution is 2.39. The molecule has 45 heavy (non-hydrogen) atoms. The van der Waals surface area contributed by atoms with Crippen LogP contribution < -0.4 is 9.88 Å². The van der Waals surface area contributed by atoms with Crippen LogP contribution >= 0.6 is 0 Å². The van der Waals surface area contributed by atoms with E-state index < -0.39 is 5.92 Å². The van der Waals surface area contributed by atoms with E-state index in [2.05, 4.69) is 19.2 Å². The summed E-state index contributed by atoms with van der Waals surface area (Å²) in [5.41, 5.74) is 3.30. The number of rotatable bonds is 25. The van der Waals surface area contributed by atoms with E-state index in [0.717, 1.165) is 42.6 Å². The second-order valence-corrected chi connectivity index (χ2v) is 13.1. The molecule has 0 saturated carbocycles. The maximum absolute atomic E-state index is 13.6. The smallest absolute Gasteiger partial charge is 0.336 e. The van der Waals surface area contributed by atoms with Gasteiger partial charge >= 0.3 is 11.9 Å². The van der Waals surface area contributed by atoms with Crippen molar-refractivity contribution in [1.29, 1.82) is 0 Å². The molecule has 0 fully saturated rings. The zero-order chi connectivity index (χ0) is 32.7. The van der Waals surface area contributed by atoms with Crippen molar-refractivity contribution in [3.63, 3.8) is 0 Å². The van der Waals surface area contributed by atoms with Crippen LogP contribution in [0.2, 0.25) is 0 Å². The van der Waals surface area contributed by atoms with Crippen molar-refractivity contribution in [1.82, 2.24) is 5.32 Å². The molecule has 0 spiro atoms. The number of unbranched alkanes of at least 4 members (excludes halogenated alkanes) is 18. The molecule has 0 bridgehead atoms. The van der Waals surface area contributed by atoms with Crippen LogP contribution in [0.5, 0.6) is 0 Å². The highest BCUT2D eigenvalue weighted by Gasteiger charge is 2.39. The van der Waals surface area contributed by atoms with E-state index in [1.54, 1.807) is 0 Å². The van der Waals surface area contributed by atoms with Gasteiger partial charge in [-0.3, -0.25) is 0 Å². The van der Waals surface area contributed by atoms with Crippen LogP contribution in [0.3, 0.4) is 0 Å².